The van der Waals surface area contributed by atoms with Crippen LogP contribution >= 0.6 is 12.4 Å². The molecule has 1 aliphatic rings. The Morgan fingerprint density at radius 1 is 1.24 bits per heavy atom. The van der Waals surface area contributed by atoms with Crippen molar-refractivity contribution in [2.24, 2.45) is 11.7 Å². The van der Waals surface area contributed by atoms with Gasteiger partial charge in [0.2, 0.25) is 10.0 Å². The average Bonchev–Trinajstić information content (AvgIpc) is 2.19. The zero-order chi connectivity index (χ0) is 12.2. The number of halogens is 1. The Hall–Kier alpha value is 0.160. The van der Waals surface area contributed by atoms with Crippen LogP contribution in [0.3, 0.4) is 0 Å². The monoisotopic (exact) mass is 284 g/mol. The van der Waals surface area contributed by atoms with Crippen molar-refractivity contribution in [2.45, 2.75) is 58.0 Å². The molecule has 0 unspecified atom stereocenters. The van der Waals surface area contributed by atoms with Crippen LogP contribution < -0.4 is 10.5 Å². The molecule has 0 aromatic carbocycles. The highest BCUT2D eigenvalue weighted by Gasteiger charge is 2.22. The molecule has 0 saturated heterocycles. The molecule has 1 saturated carbocycles. The maximum Gasteiger partial charge on any atom is 0.211 e. The van der Waals surface area contributed by atoms with Crippen molar-refractivity contribution >= 4 is 22.4 Å². The minimum absolute atomic E-state index is 0. The lowest BCUT2D eigenvalue weighted by molar-refractivity contribution is 0.373. The van der Waals surface area contributed by atoms with Crippen LogP contribution in [0.15, 0.2) is 0 Å². The second-order valence-electron chi connectivity index (χ2n) is 5.23. The Bertz CT molecular complexity index is 299. The van der Waals surface area contributed by atoms with Gasteiger partial charge in [-0.05, 0) is 38.0 Å². The quantitative estimate of drug-likeness (QED) is 0.806. The molecule has 0 aromatic heterocycles. The molecule has 4 nitrogen and oxygen atoms in total. The Balaban J connectivity index is 0.00000256. The van der Waals surface area contributed by atoms with E-state index in [0.717, 1.165) is 32.1 Å². The highest BCUT2D eigenvalue weighted by Crippen LogP contribution is 2.17. The number of rotatable bonds is 5. The fraction of sp³-hybridized carbons (Fsp3) is 1.00. The summed E-state index contributed by atoms with van der Waals surface area (Å²) in [5.41, 5.74) is 5.78. The lowest BCUT2D eigenvalue weighted by atomic mass is 9.93. The van der Waals surface area contributed by atoms with E-state index in [0.29, 0.717) is 5.92 Å². The summed E-state index contributed by atoms with van der Waals surface area (Å²) in [6, 6.07) is 0.369. The van der Waals surface area contributed by atoms with Crippen LogP contribution in [0.1, 0.15) is 46.0 Å². The normalized spacial score (nSPS) is 25.6. The third kappa shape index (κ3) is 7.24. The number of hydrogen-bond acceptors (Lipinski definition) is 3. The van der Waals surface area contributed by atoms with Gasteiger partial charge in [-0.2, -0.15) is 0 Å². The fourth-order valence-electron chi connectivity index (χ4n) is 1.94. The summed E-state index contributed by atoms with van der Waals surface area (Å²) in [4.78, 5) is 0. The maximum atomic E-state index is 11.7. The zero-order valence-corrected chi connectivity index (χ0v) is 12.3. The standard InChI is InChI=1S/C11H24N2O2S.ClH/c1-9(2)7-8-16(14,15)13-11-5-3-10(12)4-6-11;/h9-11,13H,3-8,12H2,1-2H3;1H. The first-order valence-corrected chi connectivity index (χ1v) is 7.80. The molecule has 0 heterocycles. The molecule has 0 aromatic rings. The topological polar surface area (TPSA) is 72.2 Å². The van der Waals surface area contributed by atoms with Gasteiger partial charge in [0.1, 0.15) is 0 Å². The van der Waals surface area contributed by atoms with Crippen LogP contribution in [0.25, 0.3) is 0 Å². The van der Waals surface area contributed by atoms with E-state index in [9.17, 15) is 8.42 Å². The van der Waals surface area contributed by atoms with Crippen molar-refractivity contribution in [3.63, 3.8) is 0 Å². The highest BCUT2D eigenvalue weighted by molar-refractivity contribution is 7.89. The number of hydrogen-bond donors (Lipinski definition) is 2. The van der Waals surface area contributed by atoms with Gasteiger partial charge in [-0.3, -0.25) is 0 Å². The van der Waals surface area contributed by atoms with Gasteiger partial charge in [0.15, 0.2) is 0 Å². The molecule has 0 aliphatic heterocycles. The Labute approximate surface area is 111 Å². The van der Waals surface area contributed by atoms with Crippen LogP contribution in [0.2, 0.25) is 0 Å². The minimum Gasteiger partial charge on any atom is -0.328 e. The Morgan fingerprint density at radius 2 is 1.76 bits per heavy atom. The van der Waals surface area contributed by atoms with Crippen molar-refractivity contribution < 1.29 is 8.42 Å². The van der Waals surface area contributed by atoms with Gasteiger partial charge < -0.3 is 5.73 Å². The van der Waals surface area contributed by atoms with Crippen molar-refractivity contribution in [1.82, 2.24) is 4.72 Å². The van der Waals surface area contributed by atoms with Gasteiger partial charge >= 0.3 is 0 Å². The van der Waals surface area contributed by atoms with Crippen LogP contribution in [-0.4, -0.2) is 26.3 Å². The molecule has 0 amide bonds. The SMILES string of the molecule is CC(C)CCS(=O)(=O)NC1CCC(N)CC1.Cl. The van der Waals surface area contributed by atoms with E-state index in [-0.39, 0.29) is 30.2 Å². The predicted molar refractivity (Wildman–Crippen MR) is 73.9 cm³/mol. The Kier molecular flexibility index (Phi) is 7.63. The van der Waals surface area contributed by atoms with E-state index in [2.05, 4.69) is 4.72 Å². The number of sulfonamides is 1. The largest absolute Gasteiger partial charge is 0.328 e. The summed E-state index contributed by atoms with van der Waals surface area (Å²) >= 11 is 0. The summed E-state index contributed by atoms with van der Waals surface area (Å²) in [5.74, 6) is 0.670. The van der Waals surface area contributed by atoms with Crippen LogP contribution in [-0.2, 0) is 10.0 Å². The lowest BCUT2D eigenvalue weighted by Gasteiger charge is -2.26. The molecule has 0 bridgehead atoms. The summed E-state index contributed by atoms with van der Waals surface area (Å²) < 4.78 is 26.3. The number of nitrogens with two attached hydrogens (primary N) is 1. The molecule has 0 radical (unpaired) electrons. The second-order valence-corrected chi connectivity index (χ2v) is 7.10. The van der Waals surface area contributed by atoms with E-state index in [1.807, 2.05) is 13.8 Å². The van der Waals surface area contributed by atoms with Crippen LogP contribution in [0.4, 0.5) is 0 Å². The van der Waals surface area contributed by atoms with Crippen molar-refractivity contribution in [3.05, 3.63) is 0 Å². The smallest absolute Gasteiger partial charge is 0.211 e. The zero-order valence-electron chi connectivity index (χ0n) is 10.7. The van der Waals surface area contributed by atoms with E-state index >= 15 is 0 Å². The molecule has 0 atom stereocenters. The third-order valence-electron chi connectivity index (χ3n) is 3.08. The molecule has 1 fully saturated rings. The van der Waals surface area contributed by atoms with Gasteiger partial charge in [-0.1, -0.05) is 13.8 Å². The summed E-state index contributed by atoms with van der Waals surface area (Å²) in [6.07, 6.45) is 4.33. The van der Waals surface area contributed by atoms with Gasteiger partial charge in [0.05, 0.1) is 5.75 Å². The summed E-state index contributed by atoms with van der Waals surface area (Å²) in [7, 11) is -3.08. The van der Waals surface area contributed by atoms with Gasteiger partial charge in [0, 0.05) is 12.1 Å². The predicted octanol–water partition coefficient (Wildman–Crippen LogP) is 1.64. The van der Waals surface area contributed by atoms with Gasteiger partial charge in [0.25, 0.3) is 0 Å². The lowest BCUT2D eigenvalue weighted by Crippen LogP contribution is -2.41. The molecular weight excluding hydrogens is 260 g/mol. The molecule has 0 spiro atoms. The summed E-state index contributed by atoms with van der Waals surface area (Å²) in [6.45, 7) is 4.07. The van der Waals surface area contributed by atoms with E-state index in [4.69, 9.17) is 5.73 Å². The first kappa shape index (κ1) is 17.2. The van der Waals surface area contributed by atoms with Gasteiger partial charge in [-0.25, -0.2) is 13.1 Å². The first-order valence-electron chi connectivity index (χ1n) is 6.14. The first-order chi connectivity index (χ1) is 7.39. The maximum absolute atomic E-state index is 11.7. The third-order valence-corrected chi connectivity index (χ3v) is 4.55. The van der Waals surface area contributed by atoms with Crippen LogP contribution in [0.5, 0.6) is 0 Å². The summed E-state index contributed by atoms with van der Waals surface area (Å²) in [5, 5.41) is 0. The highest BCUT2D eigenvalue weighted by atomic mass is 35.5. The molecule has 3 N–H and O–H groups in total. The van der Waals surface area contributed by atoms with Crippen molar-refractivity contribution in [1.29, 1.82) is 0 Å². The molecule has 1 rings (SSSR count). The van der Waals surface area contributed by atoms with Crippen molar-refractivity contribution in [2.75, 3.05) is 5.75 Å². The molecule has 1 aliphatic carbocycles. The number of nitrogens with one attached hydrogen (secondary N) is 1. The molecule has 104 valence electrons. The van der Waals surface area contributed by atoms with Gasteiger partial charge in [-0.15, -0.1) is 12.4 Å². The van der Waals surface area contributed by atoms with E-state index in [1.54, 1.807) is 0 Å². The van der Waals surface area contributed by atoms with Crippen LogP contribution in [0, 0.1) is 5.92 Å². The van der Waals surface area contributed by atoms with E-state index in [1.165, 1.54) is 0 Å². The van der Waals surface area contributed by atoms with E-state index < -0.39 is 10.0 Å². The average molecular weight is 285 g/mol. The molecule has 6 heteroatoms. The minimum atomic E-state index is -3.08. The fourth-order valence-corrected chi connectivity index (χ4v) is 3.58. The molecule has 17 heavy (non-hydrogen) atoms. The Morgan fingerprint density at radius 3 is 2.24 bits per heavy atom. The second kappa shape index (κ2) is 7.56. The van der Waals surface area contributed by atoms with Crippen molar-refractivity contribution in [3.8, 4) is 0 Å². The molecular formula is C11H25ClN2O2S.